The summed E-state index contributed by atoms with van der Waals surface area (Å²) < 4.78 is 26.5. The van der Waals surface area contributed by atoms with Crippen molar-refractivity contribution in [3.05, 3.63) is 76.2 Å². The number of anilines is 1. The first-order valence-electron chi connectivity index (χ1n) is 10.5. The molecule has 0 bridgehead atoms. The average Bonchev–Trinajstić information content (AvgIpc) is 3.22. The van der Waals surface area contributed by atoms with Gasteiger partial charge in [-0.1, -0.05) is 30.3 Å². The lowest BCUT2D eigenvalue weighted by Gasteiger charge is -2.33. The van der Waals surface area contributed by atoms with Gasteiger partial charge in [0.05, 0.1) is 30.6 Å². The van der Waals surface area contributed by atoms with Gasteiger partial charge >= 0.3 is 5.97 Å². The Hall–Kier alpha value is -3.21. The van der Waals surface area contributed by atoms with Crippen LogP contribution < -0.4 is 4.90 Å². The molecule has 0 amide bonds. The topological polar surface area (TPSA) is 55.8 Å². The fourth-order valence-electron chi connectivity index (χ4n) is 4.38. The van der Waals surface area contributed by atoms with E-state index in [-0.39, 0.29) is 24.0 Å². The molecule has 0 radical (unpaired) electrons. The summed E-state index contributed by atoms with van der Waals surface area (Å²) in [5.74, 6) is 0.946. The number of likely N-dealkylation sites (N-methyl/N-ethyl adjacent to an activating group) is 1. The molecule has 0 saturated carbocycles. The lowest BCUT2D eigenvalue weighted by atomic mass is 9.92. The molecule has 1 aliphatic heterocycles. The predicted molar refractivity (Wildman–Crippen MR) is 116 cm³/mol. The SMILES string of the molecule is CCOC(=O)C1=CC(=C=O)c2cc(F)c3c(c2N1CC)CCC3OCc1ccccc1. The highest BCUT2D eigenvalue weighted by Gasteiger charge is 2.37. The van der Waals surface area contributed by atoms with Gasteiger partial charge in [-0.3, -0.25) is 0 Å². The number of rotatable bonds is 6. The van der Waals surface area contributed by atoms with Gasteiger partial charge in [0.1, 0.15) is 17.5 Å². The molecule has 1 unspecified atom stereocenters. The van der Waals surface area contributed by atoms with Crippen molar-refractivity contribution in [1.29, 1.82) is 0 Å². The molecule has 0 fully saturated rings. The van der Waals surface area contributed by atoms with Crippen LogP contribution in [0.25, 0.3) is 5.57 Å². The summed E-state index contributed by atoms with van der Waals surface area (Å²) in [7, 11) is 0. The summed E-state index contributed by atoms with van der Waals surface area (Å²) in [6.45, 7) is 4.70. The number of nitrogens with zero attached hydrogens (tertiary/aromatic N) is 1. The van der Waals surface area contributed by atoms with Gasteiger partial charge in [-0.15, -0.1) is 0 Å². The Bertz CT molecular complexity index is 1090. The second-order valence-electron chi connectivity index (χ2n) is 7.48. The van der Waals surface area contributed by atoms with Crippen molar-refractivity contribution in [2.75, 3.05) is 18.1 Å². The summed E-state index contributed by atoms with van der Waals surface area (Å²) in [6.07, 6.45) is 2.26. The summed E-state index contributed by atoms with van der Waals surface area (Å²) in [5, 5.41) is 0. The highest BCUT2D eigenvalue weighted by Crippen LogP contribution is 2.47. The Morgan fingerprint density at radius 2 is 2.03 bits per heavy atom. The number of fused-ring (bicyclic) bond motifs is 3. The molecule has 31 heavy (non-hydrogen) atoms. The normalized spacial score (nSPS) is 17.0. The quantitative estimate of drug-likeness (QED) is 0.507. The maximum Gasteiger partial charge on any atom is 0.354 e. The monoisotopic (exact) mass is 421 g/mol. The maximum absolute atomic E-state index is 15.2. The minimum atomic E-state index is -0.518. The van der Waals surface area contributed by atoms with Crippen LogP contribution in [0.15, 0.2) is 48.2 Å². The van der Waals surface area contributed by atoms with Crippen LogP contribution in [0, 0.1) is 5.82 Å². The van der Waals surface area contributed by atoms with E-state index in [1.54, 1.807) is 11.8 Å². The van der Waals surface area contributed by atoms with Crippen LogP contribution in [0.3, 0.4) is 0 Å². The molecule has 160 valence electrons. The van der Waals surface area contributed by atoms with Crippen molar-refractivity contribution in [3.8, 4) is 0 Å². The van der Waals surface area contributed by atoms with Gasteiger partial charge in [-0.05, 0) is 50.0 Å². The number of ether oxygens (including phenoxy) is 2. The lowest BCUT2D eigenvalue weighted by molar-refractivity contribution is -0.138. The summed E-state index contributed by atoms with van der Waals surface area (Å²) in [4.78, 5) is 26.0. The van der Waals surface area contributed by atoms with E-state index in [4.69, 9.17) is 9.47 Å². The van der Waals surface area contributed by atoms with E-state index < -0.39 is 11.8 Å². The number of hydrogen-bond donors (Lipinski definition) is 0. The van der Waals surface area contributed by atoms with E-state index in [2.05, 4.69) is 0 Å². The second-order valence-corrected chi connectivity index (χ2v) is 7.48. The smallest absolute Gasteiger partial charge is 0.354 e. The number of hydrogen-bond acceptors (Lipinski definition) is 5. The van der Waals surface area contributed by atoms with Gasteiger partial charge in [-0.2, -0.15) is 0 Å². The van der Waals surface area contributed by atoms with E-state index in [9.17, 15) is 9.59 Å². The average molecular weight is 421 g/mol. The Kier molecular flexibility index (Phi) is 6.03. The highest BCUT2D eigenvalue weighted by atomic mass is 19.1. The number of halogens is 1. The van der Waals surface area contributed by atoms with E-state index in [0.29, 0.717) is 42.8 Å². The van der Waals surface area contributed by atoms with Gasteiger partial charge in [-0.25, -0.2) is 14.0 Å². The number of carbonyl (C=O) groups excluding carboxylic acids is 2. The lowest BCUT2D eigenvalue weighted by Crippen LogP contribution is -2.32. The molecular formula is C25H24FNO4. The van der Waals surface area contributed by atoms with Gasteiger partial charge in [0.2, 0.25) is 0 Å². The minimum Gasteiger partial charge on any atom is -0.461 e. The molecule has 0 aromatic heterocycles. The van der Waals surface area contributed by atoms with Gasteiger partial charge < -0.3 is 14.4 Å². The zero-order chi connectivity index (χ0) is 22.0. The third-order valence-corrected chi connectivity index (χ3v) is 5.71. The largest absolute Gasteiger partial charge is 0.461 e. The fraction of sp³-hybridized carbons (Fsp3) is 0.320. The molecule has 4 rings (SSSR count). The number of carbonyl (C=O) groups is 1. The minimum absolute atomic E-state index is 0.151. The Labute approximate surface area is 180 Å². The molecule has 1 heterocycles. The second kappa shape index (κ2) is 8.88. The van der Waals surface area contributed by atoms with Crippen molar-refractivity contribution in [3.63, 3.8) is 0 Å². The highest BCUT2D eigenvalue weighted by molar-refractivity contribution is 6.07. The summed E-state index contributed by atoms with van der Waals surface area (Å²) >= 11 is 0. The summed E-state index contributed by atoms with van der Waals surface area (Å²) in [6, 6.07) is 11.1. The fourth-order valence-corrected chi connectivity index (χ4v) is 4.38. The molecule has 2 aromatic carbocycles. The first-order valence-corrected chi connectivity index (χ1v) is 10.5. The van der Waals surface area contributed by atoms with Gasteiger partial charge in [0.15, 0.2) is 0 Å². The van der Waals surface area contributed by atoms with Crippen LogP contribution in [-0.2, 0) is 32.1 Å². The van der Waals surface area contributed by atoms with E-state index >= 15 is 4.39 Å². The van der Waals surface area contributed by atoms with Crippen LogP contribution in [0.1, 0.15) is 48.6 Å². The van der Waals surface area contributed by atoms with E-state index in [1.807, 2.05) is 43.2 Å². The van der Waals surface area contributed by atoms with Crippen LogP contribution >= 0.6 is 0 Å². The van der Waals surface area contributed by atoms with Crippen molar-refractivity contribution in [2.24, 2.45) is 0 Å². The molecule has 2 aliphatic rings. The first-order chi connectivity index (χ1) is 15.1. The van der Waals surface area contributed by atoms with Crippen molar-refractivity contribution < 1.29 is 23.5 Å². The predicted octanol–water partition coefficient (Wildman–Crippen LogP) is 4.53. The molecule has 0 saturated heterocycles. The molecule has 0 spiro atoms. The van der Waals surface area contributed by atoms with E-state index in [1.165, 1.54) is 12.1 Å². The van der Waals surface area contributed by atoms with Crippen LogP contribution in [0.2, 0.25) is 0 Å². The zero-order valence-corrected chi connectivity index (χ0v) is 17.6. The van der Waals surface area contributed by atoms with Crippen molar-refractivity contribution in [2.45, 2.75) is 39.4 Å². The number of allylic oxidation sites excluding steroid dienone is 2. The molecule has 5 nitrogen and oxygen atoms in total. The third kappa shape index (κ3) is 3.80. The van der Waals surface area contributed by atoms with Gasteiger partial charge in [0.25, 0.3) is 0 Å². The first kappa shape index (κ1) is 21.0. The van der Waals surface area contributed by atoms with Crippen LogP contribution in [0.4, 0.5) is 10.1 Å². The Morgan fingerprint density at radius 1 is 1.26 bits per heavy atom. The molecule has 1 aliphatic carbocycles. The summed E-state index contributed by atoms with van der Waals surface area (Å²) in [5.41, 5.74) is 3.83. The van der Waals surface area contributed by atoms with Crippen molar-refractivity contribution >= 4 is 23.2 Å². The zero-order valence-electron chi connectivity index (χ0n) is 17.6. The standard InChI is InChI=1S/C25H24FNO4/c1-3-27-21(25(29)30-4-2)12-17(14-28)19-13-20(26)23-18(24(19)27)10-11-22(23)31-15-16-8-6-5-7-9-16/h5-9,12-13,22H,3-4,10-11,15H2,1-2H3. The Morgan fingerprint density at radius 3 is 2.71 bits per heavy atom. The third-order valence-electron chi connectivity index (χ3n) is 5.71. The molecule has 2 aromatic rings. The maximum atomic E-state index is 15.2. The van der Waals surface area contributed by atoms with Crippen LogP contribution in [0.5, 0.6) is 0 Å². The number of esters is 1. The molecular weight excluding hydrogens is 397 g/mol. The van der Waals surface area contributed by atoms with E-state index in [0.717, 1.165) is 11.1 Å². The van der Waals surface area contributed by atoms with Crippen LogP contribution in [-0.4, -0.2) is 25.1 Å². The van der Waals surface area contributed by atoms with Crippen molar-refractivity contribution in [1.82, 2.24) is 0 Å². The molecule has 1 atom stereocenters. The number of benzene rings is 2. The van der Waals surface area contributed by atoms with Gasteiger partial charge in [0, 0.05) is 17.7 Å². The molecule has 0 N–H and O–H groups in total. The molecule has 6 heteroatoms. The Balaban J connectivity index is 1.75.